The first-order valence-corrected chi connectivity index (χ1v) is 9.50. The normalized spacial score (nSPS) is 12.5. The van der Waals surface area contributed by atoms with Gasteiger partial charge in [-0.2, -0.15) is 13.2 Å². The van der Waals surface area contributed by atoms with Gasteiger partial charge < -0.3 is 10.6 Å². The van der Waals surface area contributed by atoms with E-state index < -0.39 is 23.9 Å². The van der Waals surface area contributed by atoms with Crippen molar-refractivity contribution in [1.82, 2.24) is 5.32 Å². The predicted molar refractivity (Wildman–Crippen MR) is 97.3 cm³/mol. The lowest BCUT2D eigenvalue weighted by molar-refractivity contribution is -0.120. The highest BCUT2D eigenvalue weighted by Crippen LogP contribution is 2.32. The fourth-order valence-corrected chi connectivity index (χ4v) is 3.75. The number of thioether (sulfide) groups is 1. The Morgan fingerprint density at radius 2 is 1.92 bits per heavy atom. The molecule has 2 N–H and O–H groups in total. The summed E-state index contributed by atoms with van der Waals surface area (Å²) in [6.07, 6.45) is -4.31. The number of thiophene rings is 1. The summed E-state index contributed by atoms with van der Waals surface area (Å²) in [6, 6.07) is 9.47. The highest BCUT2D eigenvalue weighted by molar-refractivity contribution is 7.99. The molecule has 1 aromatic heterocycles. The summed E-state index contributed by atoms with van der Waals surface area (Å²) in [5, 5.41) is 7.19. The maximum absolute atomic E-state index is 12.4. The number of rotatable bonds is 7. The smallest absolute Gasteiger partial charge is 0.348 e. The molecule has 2 amide bonds. The lowest BCUT2D eigenvalue weighted by atomic mass is 10.1. The molecule has 0 aliphatic rings. The van der Waals surface area contributed by atoms with Crippen LogP contribution in [0.1, 0.15) is 24.3 Å². The zero-order valence-corrected chi connectivity index (χ0v) is 15.4. The van der Waals surface area contributed by atoms with Gasteiger partial charge in [-0.05, 0) is 23.6 Å². The first kappa shape index (κ1) is 20.3. The first-order chi connectivity index (χ1) is 12.2. The molecule has 2 rings (SSSR count). The lowest BCUT2D eigenvalue weighted by Crippen LogP contribution is -2.29. The average Bonchev–Trinajstić information content (AvgIpc) is 3.06. The Kier molecular flexibility index (Phi) is 7.10. The SMILES string of the molecule is CC(=O)NC(CC(=O)Nc1ccccc1SCC(F)(F)F)c1cccs1. The number of carbonyl (C=O) groups is 2. The molecule has 0 spiro atoms. The number of nitrogens with one attached hydrogen (secondary N) is 2. The van der Waals surface area contributed by atoms with Gasteiger partial charge in [0.05, 0.1) is 23.9 Å². The van der Waals surface area contributed by atoms with Crippen LogP contribution >= 0.6 is 23.1 Å². The summed E-state index contributed by atoms with van der Waals surface area (Å²) in [7, 11) is 0. The number of alkyl halides is 3. The van der Waals surface area contributed by atoms with Gasteiger partial charge in [0.15, 0.2) is 0 Å². The number of para-hydroxylation sites is 1. The number of amides is 2. The second-order valence-corrected chi connectivity index (χ2v) is 7.42. The third-order valence-electron chi connectivity index (χ3n) is 3.21. The van der Waals surface area contributed by atoms with E-state index in [9.17, 15) is 22.8 Å². The van der Waals surface area contributed by atoms with E-state index in [4.69, 9.17) is 0 Å². The molecule has 1 heterocycles. The zero-order valence-electron chi connectivity index (χ0n) is 13.8. The van der Waals surface area contributed by atoms with Gasteiger partial charge in [-0.1, -0.05) is 18.2 Å². The third kappa shape index (κ3) is 6.72. The Morgan fingerprint density at radius 3 is 2.54 bits per heavy atom. The molecule has 4 nitrogen and oxygen atoms in total. The van der Waals surface area contributed by atoms with Gasteiger partial charge in [-0.15, -0.1) is 23.1 Å². The van der Waals surface area contributed by atoms with E-state index in [0.29, 0.717) is 22.3 Å². The van der Waals surface area contributed by atoms with Crippen molar-refractivity contribution in [3.05, 3.63) is 46.7 Å². The van der Waals surface area contributed by atoms with Crippen molar-refractivity contribution >= 4 is 40.6 Å². The summed E-state index contributed by atoms with van der Waals surface area (Å²) in [5.41, 5.74) is 0.319. The Labute approximate surface area is 157 Å². The van der Waals surface area contributed by atoms with Gasteiger partial charge in [-0.3, -0.25) is 9.59 Å². The summed E-state index contributed by atoms with van der Waals surface area (Å²) in [5.74, 6) is -1.70. The maximum Gasteiger partial charge on any atom is 0.398 e. The van der Waals surface area contributed by atoms with Crippen molar-refractivity contribution < 1.29 is 22.8 Å². The first-order valence-electron chi connectivity index (χ1n) is 7.63. The number of carbonyl (C=O) groups excluding carboxylic acids is 2. The van der Waals surface area contributed by atoms with Crippen LogP contribution in [0, 0.1) is 0 Å². The van der Waals surface area contributed by atoms with Crippen LogP contribution in [0.2, 0.25) is 0 Å². The Morgan fingerprint density at radius 1 is 1.19 bits per heavy atom. The second kappa shape index (κ2) is 9.09. The lowest BCUT2D eigenvalue weighted by Gasteiger charge is -2.17. The minimum absolute atomic E-state index is 0.0155. The summed E-state index contributed by atoms with van der Waals surface area (Å²) >= 11 is 2.03. The highest BCUT2D eigenvalue weighted by atomic mass is 32.2. The van der Waals surface area contributed by atoms with Crippen molar-refractivity contribution in [2.24, 2.45) is 0 Å². The third-order valence-corrected chi connectivity index (χ3v) is 5.33. The molecule has 0 saturated heterocycles. The van der Waals surface area contributed by atoms with Crippen LogP contribution in [0.4, 0.5) is 18.9 Å². The molecule has 1 unspecified atom stereocenters. The molecule has 0 fully saturated rings. The number of benzene rings is 1. The van der Waals surface area contributed by atoms with Crippen molar-refractivity contribution in [2.45, 2.75) is 30.5 Å². The number of hydrogen-bond donors (Lipinski definition) is 2. The molecule has 9 heteroatoms. The van der Waals surface area contributed by atoms with Crippen molar-refractivity contribution in [2.75, 3.05) is 11.1 Å². The maximum atomic E-state index is 12.4. The van der Waals surface area contributed by atoms with Gasteiger partial charge in [0.25, 0.3) is 0 Å². The van der Waals surface area contributed by atoms with Gasteiger partial charge in [0.1, 0.15) is 0 Å². The molecule has 26 heavy (non-hydrogen) atoms. The van der Waals surface area contributed by atoms with Crippen LogP contribution in [-0.4, -0.2) is 23.7 Å². The van der Waals surface area contributed by atoms with E-state index in [0.717, 1.165) is 4.88 Å². The molecule has 0 aliphatic heterocycles. The van der Waals surface area contributed by atoms with E-state index in [2.05, 4.69) is 10.6 Å². The van der Waals surface area contributed by atoms with Crippen LogP contribution in [0.5, 0.6) is 0 Å². The highest BCUT2D eigenvalue weighted by Gasteiger charge is 2.28. The summed E-state index contributed by atoms with van der Waals surface area (Å²) < 4.78 is 37.3. The van der Waals surface area contributed by atoms with Crippen molar-refractivity contribution in [1.29, 1.82) is 0 Å². The van der Waals surface area contributed by atoms with Gasteiger partial charge >= 0.3 is 6.18 Å². The molecule has 0 radical (unpaired) electrons. The molecule has 140 valence electrons. The van der Waals surface area contributed by atoms with Crippen LogP contribution in [0.15, 0.2) is 46.7 Å². The topological polar surface area (TPSA) is 58.2 Å². The fourth-order valence-electron chi connectivity index (χ4n) is 2.20. The number of halogens is 3. The Bertz CT molecular complexity index is 749. The van der Waals surface area contributed by atoms with Crippen LogP contribution < -0.4 is 10.6 Å². The number of hydrogen-bond acceptors (Lipinski definition) is 4. The van der Waals surface area contributed by atoms with Crippen LogP contribution in [0.25, 0.3) is 0 Å². The minimum Gasteiger partial charge on any atom is -0.348 e. The number of anilines is 1. The Balaban J connectivity index is 2.05. The predicted octanol–water partition coefficient (Wildman–Crippen LogP) is 4.61. The van der Waals surface area contributed by atoms with Crippen LogP contribution in [0.3, 0.4) is 0 Å². The molecule has 2 aromatic rings. The second-order valence-electron chi connectivity index (χ2n) is 5.42. The quantitative estimate of drug-likeness (QED) is 0.665. The van der Waals surface area contributed by atoms with Gasteiger partial charge in [0.2, 0.25) is 11.8 Å². The van der Waals surface area contributed by atoms with Crippen molar-refractivity contribution in [3.63, 3.8) is 0 Å². The molecule has 1 aromatic carbocycles. The summed E-state index contributed by atoms with van der Waals surface area (Å²) in [4.78, 5) is 24.9. The van der Waals surface area contributed by atoms with E-state index in [1.54, 1.807) is 18.2 Å². The van der Waals surface area contributed by atoms with Crippen molar-refractivity contribution in [3.8, 4) is 0 Å². The zero-order chi connectivity index (χ0) is 19.2. The molecule has 0 saturated carbocycles. The Hall–Kier alpha value is -2.00. The molecule has 1 atom stereocenters. The van der Waals surface area contributed by atoms with E-state index in [1.165, 1.54) is 24.3 Å². The molecule has 0 bridgehead atoms. The molecular formula is C17H17F3N2O2S2. The summed E-state index contributed by atoms with van der Waals surface area (Å²) in [6.45, 7) is 1.36. The van der Waals surface area contributed by atoms with E-state index >= 15 is 0 Å². The molecular weight excluding hydrogens is 385 g/mol. The van der Waals surface area contributed by atoms with Crippen LogP contribution in [-0.2, 0) is 9.59 Å². The van der Waals surface area contributed by atoms with Gasteiger partial charge in [0, 0.05) is 16.7 Å². The largest absolute Gasteiger partial charge is 0.398 e. The molecule has 0 aliphatic carbocycles. The monoisotopic (exact) mass is 402 g/mol. The van der Waals surface area contributed by atoms with E-state index in [1.807, 2.05) is 17.5 Å². The minimum atomic E-state index is -4.29. The fraction of sp³-hybridized carbons (Fsp3) is 0.294. The standard InChI is InChI=1S/C17H17F3N2O2S2/c1-11(23)21-13(15-7-4-8-25-15)9-16(24)22-12-5-2-3-6-14(12)26-10-17(18,19)20/h2-8,13H,9-10H2,1H3,(H,21,23)(H,22,24). The average molecular weight is 402 g/mol. The van der Waals surface area contributed by atoms with Gasteiger partial charge in [-0.25, -0.2) is 0 Å². The van der Waals surface area contributed by atoms with E-state index in [-0.39, 0.29) is 12.3 Å².